The molecule has 1 saturated heterocycles. The van der Waals surface area contributed by atoms with Crippen LogP contribution in [0.3, 0.4) is 0 Å². The summed E-state index contributed by atoms with van der Waals surface area (Å²) in [7, 11) is 2.10. The van der Waals surface area contributed by atoms with Gasteiger partial charge in [0.1, 0.15) is 0 Å². The number of rotatable bonds is 2. The van der Waals surface area contributed by atoms with Crippen molar-refractivity contribution in [2.45, 2.75) is 12.8 Å². The number of benzene rings is 1. The van der Waals surface area contributed by atoms with Crippen LogP contribution in [0.4, 0.5) is 0 Å². The molecule has 0 atom stereocenters. The maximum atomic E-state index is 13.4. The summed E-state index contributed by atoms with van der Waals surface area (Å²) in [6.45, 7) is 3.35. The lowest BCUT2D eigenvalue weighted by molar-refractivity contribution is 0.0656. The van der Waals surface area contributed by atoms with Crippen LogP contribution in [0.2, 0.25) is 0 Å². The van der Waals surface area contributed by atoms with Gasteiger partial charge < -0.3 is 9.80 Å². The number of piperazine rings is 1. The summed E-state index contributed by atoms with van der Waals surface area (Å²) in [5.41, 5.74) is 4.99. The van der Waals surface area contributed by atoms with Crippen molar-refractivity contribution in [1.29, 1.82) is 0 Å². The normalized spacial score (nSPS) is 16.7. The van der Waals surface area contributed by atoms with Crippen LogP contribution in [-0.4, -0.2) is 58.7 Å². The molecular weight excluding hydrogens is 436 g/mol. The average molecular weight is 457 g/mol. The van der Waals surface area contributed by atoms with Gasteiger partial charge >= 0.3 is 0 Å². The maximum absolute atomic E-state index is 13.4. The van der Waals surface area contributed by atoms with E-state index in [1.807, 2.05) is 27.8 Å². The highest BCUT2D eigenvalue weighted by Crippen LogP contribution is 2.40. The number of aryl methyl sites for hydroxylation is 1. The summed E-state index contributed by atoms with van der Waals surface area (Å²) >= 11 is 5.36. The van der Waals surface area contributed by atoms with Gasteiger partial charge in [0.25, 0.3) is 5.91 Å². The van der Waals surface area contributed by atoms with E-state index in [4.69, 9.17) is 5.10 Å². The van der Waals surface area contributed by atoms with Gasteiger partial charge in [0, 0.05) is 46.7 Å². The number of amides is 1. The highest BCUT2D eigenvalue weighted by Gasteiger charge is 2.32. The minimum Gasteiger partial charge on any atom is -0.335 e. The van der Waals surface area contributed by atoms with Gasteiger partial charge in [0.2, 0.25) is 0 Å². The summed E-state index contributed by atoms with van der Waals surface area (Å²) in [5.74, 6) is 0.0665. The highest BCUT2D eigenvalue weighted by molar-refractivity contribution is 9.10. The topological polar surface area (TPSA) is 41.4 Å². The SMILES string of the molecule is CN1CCN(C(=O)c2nn(-c3cccc(Br)c3)c3c2CCc2sccc2-3)CC1. The quantitative estimate of drug-likeness (QED) is 0.587. The smallest absolute Gasteiger partial charge is 0.274 e. The van der Waals surface area contributed by atoms with E-state index in [1.54, 1.807) is 11.3 Å². The molecule has 0 saturated carbocycles. The number of likely N-dealkylation sites (N-methyl/N-ethyl adjacent to an activating group) is 1. The van der Waals surface area contributed by atoms with E-state index in [1.165, 1.54) is 10.4 Å². The zero-order chi connectivity index (χ0) is 19.3. The van der Waals surface area contributed by atoms with Crippen LogP contribution < -0.4 is 0 Å². The molecule has 0 radical (unpaired) electrons. The van der Waals surface area contributed by atoms with Gasteiger partial charge in [0.15, 0.2) is 5.69 Å². The van der Waals surface area contributed by atoms with Crippen molar-refractivity contribution in [3.8, 4) is 16.9 Å². The van der Waals surface area contributed by atoms with Crippen molar-refractivity contribution >= 4 is 33.2 Å². The van der Waals surface area contributed by atoms with Crippen LogP contribution in [0.5, 0.6) is 0 Å². The first-order chi connectivity index (χ1) is 13.6. The standard InChI is InChI=1S/C21H21BrN4OS/c1-24-8-10-25(11-9-24)21(27)19-17-5-6-18-16(7-12-28-18)20(17)26(23-19)15-4-2-3-14(22)13-15/h2-4,7,12-13H,5-6,8-11H2,1H3. The summed E-state index contributed by atoms with van der Waals surface area (Å²) in [6.07, 6.45) is 1.85. The Kier molecular flexibility index (Phi) is 4.61. The van der Waals surface area contributed by atoms with Crippen LogP contribution in [0, 0.1) is 0 Å². The van der Waals surface area contributed by atoms with Gasteiger partial charge in [-0.15, -0.1) is 11.3 Å². The van der Waals surface area contributed by atoms with E-state index in [0.29, 0.717) is 5.69 Å². The Morgan fingerprint density at radius 3 is 2.75 bits per heavy atom. The second-order valence-electron chi connectivity index (χ2n) is 7.42. The predicted octanol–water partition coefficient (Wildman–Crippen LogP) is 3.85. The molecule has 3 aromatic rings. The van der Waals surface area contributed by atoms with Crippen molar-refractivity contribution in [2.75, 3.05) is 33.2 Å². The molecule has 1 aliphatic carbocycles. The maximum Gasteiger partial charge on any atom is 0.274 e. The number of fused-ring (bicyclic) bond motifs is 3. The van der Waals surface area contributed by atoms with Crippen LogP contribution in [0.15, 0.2) is 40.2 Å². The Bertz CT molecular complexity index is 1050. The van der Waals surface area contributed by atoms with E-state index in [2.05, 4.69) is 45.4 Å². The Balaban J connectivity index is 1.64. The van der Waals surface area contributed by atoms with Crippen LogP contribution in [-0.2, 0) is 12.8 Å². The molecule has 3 heterocycles. The average Bonchev–Trinajstić information content (AvgIpc) is 3.32. The molecule has 5 rings (SSSR count). The number of hydrogen-bond donors (Lipinski definition) is 0. The van der Waals surface area contributed by atoms with Crippen molar-refractivity contribution in [2.24, 2.45) is 0 Å². The molecule has 7 heteroatoms. The third kappa shape index (κ3) is 3.02. The molecule has 0 bridgehead atoms. The number of carbonyl (C=O) groups is 1. The molecule has 1 fully saturated rings. The Hall–Kier alpha value is -1.96. The Labute approximate surface area is 176 Å². The molecule has 5 nitrogen and oxygen atoms in total. The van der Waals surface area contributed by atoms with Gasteiger partial charge in [-0.3, -0.25) is 4.79 Å². The zero-order valence-corrected chi connectivity index (χ0v) is 18.1. The summed E-state index contributed by atoms with van der Waals surface area (Å²) in [6, 6.07) is 10.3. The first kappa shape index (κ1) is 18.1. The first-order valence-electron chi connectivity index (χ1n) is 9.54. The van der Waals surface area contributed by atoms with Gasteiger partial charge in [0.05, 0.1) is 11.4 Å². The van der Waals surface area contributed by atoms with Crippen molar-refractivity contribution < 1.29 is 4.79 Å². The molecule has 144 valence electrons. The van der Waals surface area contributed by atoms with E-state index in [-0.39, 0.29) is 5.91 Å². The largest absolute Gasteiger partial charge is 0.335 e. The fourth-order valence-electron chi connectivity index (χ4n) is 4.07. The molecule has 0 spiro atoms. The minimum absolute atomic E-state index is 0.0665. The number of carbonyl (C=O) groups excluding carboxylic acids is 1. The predicted molar refractivity (Wildman–Crippen MR) is 115 cm³/mol. The zero-order valence-electron chi connectivity index (χ0n) is 15.7. The Morgan fingerprint density at radius 1 is 1.14 bits per heavy atom. The molecule has 1 amide bonds. The molecule has 2 aliphatic rings. The molecular formula is C21H21BrN4OS. The lowest BCUT2D eigenvalue weighted by atomic mass is 9.94. The number of aromatic nitrogens is 2. The molecule has 2 aromatic heterocycles. The lowest BCUT2D eigenvalue weighted by Crippen LogP contribution is -2.47. The summed E-state index contributed by atoms with van der Waals surface area (Å²) < 4.78 is 2.97. The van der Waals surface area contributed by atoms with E-state index in [0.717, 1.165) is 60.4 Å². The van der Waals surface area contributed by atoms with Crippen molar-refractivity contribution in [1.82, 2.24) is 19.6 Å². The fraction of sp³-hybridized carbons (Fsp3) is 0.333. The van der Waals surface area contributed by atoms with Gasteiger partial charge in [-0.1, -0.05) is 22.0 Å². The number of hydrogen-bond acceptors (Lipinski definition) is 4. The molecule has 1 aliphatic heterocycles. The third-order valence-corrected chi connectivity index (χ3v) is 7.11. The number of thiophene rings is 1. The van der Waals surface area contributed by atoms with Crippen LogP contribution >= 0.6 is 27.3 Å². The van der Waals surface area contributed by atoms with Gasteiger partial charge in [-0.25, -0.2) is 4.68 Å². The van der Waals surface area contributed by atoms with Crippen LogP contribution in [0.1, 0.15) is 20.9 Å². The minimum atomic E-state index is 0.0665. The number of nitrogens with zero attached hydrogens (tertiary/aromatic N) is 4. The second kappa shape index (κ2) is 7.13. The molecule has 28 heavy (non-hydrogen) atoms. The van der Waals surface area contributed by atoms with Crippen molar-refractivity contribution in [3.63, 3.8) is 0 Å². The monoisotopic (exact) mass is 456 g/mol. The van der Waals surface area contributed by atoms with E-state index < -0.39 is 0 Å². The first-order valence-corrected chi connectivity index (χ1v) is 11.2. The second-order valence-corrected chi connectivity index (χ2v) is 9.34. The number of halogens is 1. The summed E-state index contributed by atoms with van der Waals surface area (Å²) in [5, 5.41) is 7.01. The van der Waals surface area contributed by atoms with Crippen LogP contribution in [0.25, 0.3) is 16.9 Å². The van der Waals surface area contributed by atoms with Gasteiger partial charge in [-0.05, 0) is 49.5 Å². The molecule has 0 N–H and O–H groups in total. The Morgan fingerprint density at radius 2 is 1.96 bits per heavy atom. The fourth-order valence-corrected chi connectivity index (χ4v) is 5.34. The van der Waals surface area contributed by atoms with Gasteiger partial charge in [-0.2, -0.15) is 5.10 Å². The van der Waals surface area contributed by atoms with E-state index >= 15 is 0 Å². The highest BCUT2D eigenvalue weighted by atomic mass is 79.9. The summed E-state index contributed by atoms with van der Waals surface area (Å²) in [4.78, 5) is 19.0. The molecule has 0 unspecified atom stereocenters. The third-order valence-electron chi connectivity index (χ3n) is 5.63. The molecule has 1 aromatic carbocycles. The van der Waals surface area contributed by atoms with E-state index in [9.17, 15) is 4.79 Å². The van der Waals surface area contributed by atoms with Crippen molar-refractivity contribution in [3.05, 3.63) is 56.3 Å². The lowest BCUT2D eigenvalue weighted by Gasteiger charge is -2.32.